The van der Waals surface area contributed by atoms with Gasteiger partial charge in [-0.05, 0) is 55.4 Å². The first-order valence-electron chi connectivity index (χ1n) is 8.28. The van der Waals surface area contributed by atoms with Crippen molar-refractivity contribution >= 4 is 11.4 Å². The van der Waals surface area contributed by atoms with Crippen LogP contribution in [0.2, 0.25) is 0 Å². The van der Waals surface area contributed by atoms with Crippen LogP contribution in [-0.4, -0.2) is 10.9 Å². The van der Waals surface area contributed by atoms with E-state index in [2.05, 4.69) is 37.3 Å². The van der Waals surface area contributed by atoms with Gasteiger partial charge in [-0.1, -0.05) is 42.0 Å². The largest absolute Gasteiger partial charge is 0.507 e. The molecule has 2 aromatic carbocycles. The van der Waals surface area contributed by atoms with Gasteiger partial charge >= 0.3 is 0 Å². The second-order valence-electron chi connectivity index (χ2n) is 6.81. The topological polar surface area (TPSA) is 37.3 Å². The van der Waals surface area contributed by atoms with Gasteiger partial charge < -0.3 is 5.11 Å². The first-order valence-corrected chi connectivity index (χ1v) is 8.28. The molecule has 2 aliphatic carbocycles. The number of Topliss-reactive ketones (excluding diaryl/α,β-unsaturated/α-hetero) is 1. The molecule has 1 saturated carbocycles. The van der Waals surface area contributed by atoms with Gasteiger partial charge in [-0.3, -0.25) is 4.79 Å². The highest BCUT2D eigenvalue weighted by Crippen LogP contribution is 2.43. The fraction of sp³-hybridized carbons (Fsp3) is 0.286. The molecular formula is C21H20O2. The first kappa shape index (κ1) is 14.3. The van der Waals surface area contributed by atoms with Crippen LogP contribution in [0.5, 0.6) is 5.75 Å². The maximum atomic E-state index is 12.6. The first-order chi connectivity index (χ1) is 11.1. The Morgan fingerprint density at radius 1 is 1.00 bits per heavy atom. The van der Waals surface area contributed by atoms with E-state index in [0.29, 0.717) is 11.5 Å². The Balaban J connectivity index is 1.78. The summed E-state index contributed by atoms with van der Waals surface area (Å²) in [5.41, 5.74) is 4.75. The van der Waals surface area contributed by atoms with Crippen molar-refractivity contribution in [2.24, 2.45) is 11.8 Å². The van der Waals surface area contributed by atoms with Crippen molar-refractivity contribution < 1.29 is 9.90 Å². The zero-order chi connectivity index (χ0) is 16.0. The molecule has 2 aliphatic rings. The van der Waals surface area contributed by atoms with E-state index >= 15 is 0 Å². The maximum Gasteiger partial charge on any atom is 0.166 e. The molecule has 4 rings (SSSR count). The van der Waals surface area contributed by atoms with Gasteiger partial charge in [0, 0.05) is 17.1 Å². The summed E-state index contributed by atoms with van der Waals surface area (Å²) in [6.45, 7) is 2.06. The van der Waals surface area contributed by atoms with Gasteiger partial charge in [0.1, 0.15) is 5.75 Å². The number of carbonyl (C=O) groups excluding carboxylic acids is 1. The molecule has 2 bridgehead atoms. The van der Waals surface area contributed by atoms with Crippen molar-refractivity contribution in [2.45, 2.75) is 26.2 Å². The van der Waals surface area contributed by atoms with E-state index in [0.717, 1.165) is 36.0 Å². The van der Waals surface area contributed by atoms with Crippen LogP contribution in [0.3, 0.4) is 0 Å². The van der Waals surface area contributed by atoms with E-state index in [9.17, 15) is 9.90 Å². The summed E-state index contributed by atoms with van der Waals surface area (Å²) in [5.74, 6) is 1.05. The van der Waals surface area contributed by atoms with Crippen LogP contribution >= 0.6 is 0 Å². The smallest absolute Gasteiger partial charge is 0.166 e. The molecule has 2 nitrogen and oxygen atoms in total. The predicted octanol–water partition coefficient (Wildman–Crippen LogP) is 4.75. The highest BCUT2D eigenvalue weighted by molar-refractivity contribution is 6.23. The molecule has 116 valence electrons. The number of benzene rings is 2. The van der Waals surface area contributed by atoms with Crippen LogP contribution in [-0.2, 0) is 4.79 Å². The van der Waals surface area contributed by atoms with Crippen LogP contribution in [0.25, 0.3) is 16.7 Å². The molecular weight excluding hydrogens is 284 g/mol. The van der Waals surface area contributed by atoms with E-state index in [-0.39, 0.29) is 17.5 Å². The molecule has 0 aliphatic heterocycles. The zero-order valence-electron chi connectivity index (χ0n) is 13.3. The van der Waals surface area contributed by atoms with E-state index in [1.54, 1.807) is 6.07 Å². The average molecular weight is 304 g/mol. The van der Waals surface area contributed by atoms with Crippen molar-refractivity contribution in [2.75, 3.05) is 0 Å². The Morgan fingerprint density at radius 2 is 1.74 bits per heavy atom. The third-order valence-corrected chi connectivity index (χ3v) is 5.18. The van der Waals surface area contributed by atoms with Gasteiger partial charge in [0.15, 0.2) is 5.78 Å². The minimum absolute atomic E-state index is 0.155. The summed E-state index contributed by atoms with van der Waals surface area (Å²) in [5, 5.41) is 10.3. The summed E-state index contributed by atoms with van der Waals surface area (Å²) in [4.78, 5) is 12.6. The van der Waals surface area contributed by atoms with Gasteiger partial charge in [-0.15, -0.1) is 0 Å². The summed E-state index contributed by atoms with van der Waals surface area (Å²) in [7, 11) is 0. The average Bonchev–Trinajstić information content (AvgIpc) is 2.96. The molecule has 2 aromatic rings. The fourth-order valence-corrected chi connectivity index (χ4v) is 3.84. The number of allylic oxidation sites excluding steroid dienone is 2. The number of hydrogen-bond acceptors (Lipinski definition) is 2. The summed E-state index contributed by atoms with van der Waals surface area (Å²) in [6, 6.07) is 13.9. The van der Waals surface area contributed by atoms with Gasteiger partial charge in [0.2, 0.25) is 0 Å². The van der Waals surface area contributed by atoms with Crippen molar-refractivity contribution in [1.29, 1.82) is 0 Å². The number of ketones is 1. The van der Waals surface area contributed by atoms with E-state index in [1.807, 2.05) is 12.1 Å². The lowest BCUT2D eigenvalue weighted by molar-refractivity contribution is -0.117. The van der Waals surface area contributed by atoms with Gasteiger partial charge in [0.05, 0.1) is 0 Å². The van der Waals surface area contributed by atoms with Gasteiger partial charge in [-0.2, -0.15) is 0 Å². The van der Waals surface area contributed by atoms with Gasteiger partial charge in [-0.25, -0.2) is 0 Å². The SMILES string of the molecule is Cc1ccc(-c2ccc(O)c(C3=CC4CCC(C4)C3=O)c2)cc1. The van der Waals surface area contributed by atoms with E-state index in [1.165, 1.54) is 5.56 Å². The fourth-order valence-electron chi connectivity index (χ4n) is 3.84. The molecule has 2 heteroatoms. The number of fused-ring (bicyclic) bond motifs is 2. The molecule has 23 heavy (non-hydrogen) atoms. The number of rotatable bonds is 2. The number of aromatic hydroxyl groups is 1. The van der Waals surface area contributed by atoms with Crippen molar-refractivity contribution in [3.05, 3.63) is 59.7 Å². The third kappa shape index (κ3) is 2.48. The molecule has 0 aromatic heterocycles. The monoisotopic (exact) mass is 304 g/mol. The minimum Gasteiger partial charge on any atom is -0.507 e. The second-order valence-corrected chi connectivity index (χ2v) is 6.81. The van der Waals surface area contributed by atoms with Crippen LogP contribution < -0.4 is 0 Å². The van der Waals surface area contributed by atoms with Crippen molar-refractivity contribution in [3.8, 4) is 16.9 Å². The molecule has 2 unspecified atom stereocenters. The minimum atomic E-state index is 0.155. The van der Waals surface area contributed by atoms with Crippen LogP contribution in [0.15, 0.2) is 48.5 Å². The van der Waals surface area contributed by atoms with Crippen LogP contribution in [0, 0.1) is 18.8 Å². The van der Waals surface area contributed by atoms with E-state index < -0.39 is 0 Å². The number of aryl methyl sites for hydroxylation is 1. The Hall–Kier alpha value is -2.35. The Morgan fingerprint density at radius 3 is 2.52 bits per heavy atom. The summed E-state index contributed by atoms with van der Waals surface area (Å²) in [6.07, 6.45) is 5.15. The van der Waals surface area contributed by atoms with Gasteiger partial charge in [0.25, 0.3) is 0 Å². The summed E-state index contributed by atoms with van der Waals surface area (Å²) < 4.78 is 0. The summed E-state index contributed by atoms with van der Waals surface area (Å²) >= 11 is 0. The zero-order valence-corrected chi connectivity index (χ0v) is 13.3. The second kappa shape index (κ2) is 5.38. The van der Waals surface area contributed by atoms with Crippen molar-refractivity contribution in [3.63, 3.8) is 0 Å². The molecule has 1 fully saturated rings. The van der Waals surface area contributed by atoms with Crippen molar-refractivity contribution in [1.82, 2.24) is 0 Å². The molecule has 0 radical (unpaired) electrons. The molecule has 0 saturated heterocycles. The Bertz CT molecular complexity index is 799. The molecule has 0 spiro atoms. The maximum absolute atomic E-state index is 12.6. The Kier molecular flexibility index (Phi) is 3.33. The predicted molar refractivity (Wildman–Crippen MR) is 92.1 cm³/mol. The highest BCUT2D eigenvalue weighted by Gasteiger charge is 2.36. The number of hydrogen-bond donors (Lipinski definition) is 1. The lowest BCUT2D eigenvalue weighted by atomic mass is 9.84. The molecule has 0 heterocycles. The lowest BCUT2D eigenvalue weighted by Crippen LogP contribution is -2.17. The molecule has 1 N–H and O–H groups in total. The lowest BCUT2D eigenvalue weighted by Gasteiger charge is -2.19. The van der Waals surface area contributed by atoms with Crippen LogP contribution in [0.4, 0.5) is 0 Å². The third-order valence-electron chi connectivity index (χ3n) is 5.18. The van der Waals surface area contributed by atoms with E-state index in [4.69, 9.17) is 0 Å². The number of phenolic OH excluding ortho intramolecular Hbond substituents is 1. The normalized spacial score (nSPS) is 23.0. The standard InChI is InChI=1S/C21H20O2/c1-13-2-5-15(6-3-13)16-8-9-20(22)18(12-16)19-11-14-4-7-17(10-14)21(19)23/h2-3,5-6,8-9,11-12,14,17,22H,4,7,10H2,1H3. The highest BCUT2D eigenvalue weighted by atomic mass is 16.3. The number of carbonyl (C=O) groups is 1. The Labute approximate surface area is 136 Å². The molecule has 2 atom stereocenters. The number of phenols is 1. The van der Waals surface area contributed by atoms with Crippen LogP contribution in [0.1, 0.15) is 30.4 Å². The quantitative estimate of drug-likeness (QED) is 0.869. The molecule has 0 amide bonds.